The van der Waals surface area contributed by atoms with Crippen molar-refractivity contribution in [3.8, 4) is 5.75 Å². The van der Waals surface area contributed by atoms with Crippen LogP contribution < -0.4 is 10.1 Å². The Bertz CT molecular complexity index is 945. The first-order chi connectivity index (χ1) is 13.8. The predicted molar refractivity (Wildman–Crippen MR) is 115 cm³/mol. The Labute approximate surface area is 175 Å². The van der Waals surface area contributed by atoms with Gasteiger partial charge in [0.05, 0.1) is 19.3 Å². The Balaban J connectivity index is 1.49. The summed E-state index contributed by atoms with van der Waals surface area (Å²) >= 11 is 1.22. The van der Waals surface area contributed by atoms with Gasteiger partial charge in [-0.2, -0.15) is 0 Å². The lowest BCUT2D eigenvalue weighted by atomic mass is 9.87. The smallest absolute Gasteiger partial charge is 0.277 e. The van der Waals surface area contributed by atoms with Crippen LogP contribution in [-0.4, -0.2) is 29.0 Å². The number of anilines is 1. The first-order valence-electron chi connectivity index (χ1n) is 9.32. The van der Waals surface area contributed by atoms with Crippen molar-refractivity contribution >= 4 is 23.4 Å². The van der Waals surface area contributed by atoms with Crippen LogP contribution in [0.1, 0.15) is 37.8 Å². The molecule has 0 radical (unpaired) electrons. The van der Waals surface area contributed by atoms with E-state index in [-0.39, 0.29) is 17.1 Å². The van der Waals surface area contributed by atoms with Gasteiger partial charge in [0.2, 0.25) is 11.8 Å². The number of thioether (sulfide) groups is 1. The molecule has 0 aliphatic carbocycles. The zero-order valence-electron chi connectivity index (χ0n) is 17.1. The van der Waals surface area contributed by atoms with Gasteiger partial charge in [-0.15, -0.1) is 10.2 Å². The highest BCUT2D eigenvalue weighted by Crippen LogP contribution is 2.24. The lowest BCUT2D eigenvalue weighted by molar-refractivity contribution is -0.113. The Hall–Kier alpha value is -2.80. The van der Waals surface area contributed by atoms with E-state index in [1.54, 1.807) is 7.11 Å². The number of hydrogen-bond donors (Lipinski definition) is 1. The number of benzene rings is 2. The summed E-state index contributed by atoms with van der Waals surface area (Å²) in [6.45, 7) is 6.47. The third kappa shape index (κ3) is 6.09. The highest BCUT2D eigenvalue weighted by atomic mass is 32.2. The average molecular weight is 412 g/mol. The zero-order chi connectivity index (χ0) is 20.9. The molecule has 0 spiro atoms. The largest absolute Gasteiger partial charge is 0.497 e. The van der Waals surface area contributed by atoms with Gasteiger partial charge in [0.1, 0.15) is 5.75 Å². The van der Waals surface area contributed by atoms with Gasteiger partial charge in [0.15, 0.2) is 0 Å². The van der Waals surface area contributed by atoms with Crippen LogP contribution >= 0.6 is 11.8 Å². The molecule has 6 nitrogen and oxygen atoms in total. The summed E-state index contributed by atoms with van der Waals surface area (Å²) in [6, 6.07) is 15.6. The molecule has 0 aliphatic rings. The fourth-order valence-corrected chi connectivity index (χ4v) is 3.24. The van der Waals surface area contributed by atoms with E-state index in [0.29, 0.717) is 17.5 Å². The van der Waals surface area contributed by atoms with Gasteiger partial charge in [0.25, 0.3) is 5.22 Å². The van der Waals surface area contributed by atoms with Crippen LogP contribution in [0.4, 0.5) is 5.69 Å². The summed E-state index contributed by atoms with van der Waals surface area (Å²) in [6.07, 6.45) is 0.532. The maximum absolute atomic E-state index is 12.2. The van der Waals surface area contributed by atoms with Gasteiger partial charge in [0, 0.05) is 5.69 Å². The van der Waals surface area contributed by atoms with Crippen LogP contribution in [0.25, 0.3) is 0 Å². The van der Waals surface area contributed by atoms with Crippen LogP contribution in [0.3, 0.4) is 0 Å². The van der Waals surface area contributed by atoms with Crippen molar-refractivity contribution in [3.63, 3.8) is 0 Å². The highest BCUT2D eigenvalue weighted by Gasteiger charge is 2.14. The molecular weight excluding hydrogens is 386 g/mol. The van der Waals surface area contributed by atoms with Crippen LogP contribution in [0.2, 0.25) is 0 Å². The summed E-state index contributed by atoms with van der Waals surface area (Å²) in [7, 11) is 1.63. The van der Waals surface area contributed by atoms with E-state index in [0.717, 1.165) is 17.0 Å². The number of amides is 1. The lowest BCUT2D eigenvalue weighted by Gasteiger charge is -2.19. The van der Waals surface area contributed by atoms with Crippen LogP contribution in [0.15, 0.2) is 58.2 Å². The molecule has 0 unspecified atom stereocenters. The molecule has 0 aliphatic heterocycles. The Kier molecular flexibility index (Phi) is 6.59. The topological polar surface area (TPSA) is 77.2 Å². The summed E-state index contributed by atoms with van der Waals surface area (Å²) in [4.78, 5) is 12.2. The molecule has 1 aromatic heterocycles. The molecule has 2 aromatic carbocycles. The average Bonchev–Trinajstić information content (AvgIpc) is 3.14. The normalized spacial score (nSPS) is 11.3. The molecule has 0 fully saturated rings. The first kappa shape index (κ1) is 20.9. The second kappa shape index (κ2) is 9.13. The molecule has 1 N–H and O–H groups in total. The van der Waals surface area contributed by atoms with Gasteiger partial charge >= 0.3 is 0 Å². The summed E-state index contributed by atoms with van der Waals surface area (Å²) < 4.78 is 10.8. The number of ether oxygens (including phenoxy) is 1. The second-order valence-corrected chi connectivity index (χ2v) is 8.58. The first-order valence-corrected chi connectivity index (χ1v) is 10.3. The van der Waals surface area contributed by atoms with Gasteiger partial charge in [-0.05, 0) is 40.8 Å². The zero-order valence-corrected chi connectivity index (χ0v) is 17.9. The third-order valence-electron chi connectivity index (χ3n) is 4.32. The Morgan fingerprint density at radius 3 is 2.38 bits per heavy atom. The van der Waals surface area contributed by atoms with Crippen LogP contribution in [0.5, 0.6) is 5.75 Å². The molecular formula is C22H25N3O3S. The van der Waals surface area contributed by atoms with Crippen molar-refractivity contribution in [2.24, 2.45) is 0 Å². The van der Waals surface area contributed by atoms with Crippen LogP contribution in [0, 0.1) is 0 Å². The van der Waals surface area contributed by atoms with Crippen molar-refractivity contribution in [3.05, 3.63) is 65.5 Å². The van der Waals surface area contributed by atoms with Crippen molar-refractivity contribution in [1.29, 1.82) is 0 Å². The van der Waals surface area contributed by atoms with E-state index < -0.39 is 0 Å². The van der Waals surface area contributed by atoms with Gasteiger partial charge < -0.3 is 14.5 Å². The summed E-state index contributed by atoms with van der Waals surface area (Å²) in [5.74, 6) is 1.39. The molecule has 152 valence electrons. The SMILES string of the molecule is COc1ccc(Cc2nnc(SCC(=O)Nc3ccc(C(C)(C)C)cc3)o2)cc1. The monoisotopic (exact) mass is 411 g/mol. The van der Waals surface area contributed by atoms with E-state index in [1.807, 2.05) is 48.5 Å². The maximum Gasteiger partial charge on any atom is 0.277 e. The molecule has 0 bridgehead atoms. The molecule has 3 rings (SSSR count). The molecule has 0 saturated heterocycles. The highest BCUT2D eigenvalue weighted by molar-refractivity contribution is 7.99. The maximum atomic E-state index is 12.2. The van der Waals surface area contributed by atoms with Crippen LogP contribution in [-0.2, 0) is 16.6 Å². The minimum Gasteiger partial charge on any atom is -0.497 e. The van der Waals surface area contributed by atoms with Crippen molar-refractivity contribution < 1.29 is 13.9 Å². The molecule has 0 atom stereocenters. The van der Waals surface area contributed by atoms with Gasteiger partial charge in [-0.25, -0.2) is 0 Å². The number of hydrogen-bond acceptors (Lipinski definition) is 6. The van der Waals surface area contributed by atoms with Crippen molar-refractivity contribution in [2.75, 3.05) is 18.2 Å². The van der Waals surface area contributed by atoms with Gasteiger partial charge in [-0.3, -0.25) is 4.79 Å². The number of nitrogens with zero attached hydrogens (tertiary/aromatic N) is 2. The third-order valence-corrected chi connectivity index (χ3v) is 5.14. The number of rotatable bonds is 7. The summed E-state index contributed by atoms with van der Waals surface area (Å²) in [5.41, 5.74) is 3.12. The molecule has 0 saturated carbocycles. The predicted octanol–water partition coefficient (Wildman–Crippen LogP) is 4.70. The Morgan fingerprint density at radius 2 is 1.76 bits per heavy atom. The quantitative estimate of drug-likeness (QED) is 0.568. The number of carbonyl (C=O) groups is 1. The number of nitrogens with one attached hydrogen (secondary N) is 1. The van der Waals surface area contributed by atoms with E-state index in [9.17, 15) is 4.79 Å². The fraction of sp³-hybridized carbons (Fsp3) is 0.318. The molecule has 3 aromatic rings. The Morgan fingerprint density at radius 1 is 1.07 bits per heavy atom. The lowest BCUT2D eigenvalue weighted by Crippen LogP contribution is -2.15. The number of aromatic nitrogens is 2. The van der Waals surface area contributed by atoms with E-state index in [4.69, 9.17) is 9.15 Å². The van der Waals surface area contributed by atoms with E-state index >= 15 is 0 Å². The second-order valence-electron chi connectivity index (χ2n) is 7.65. The van der Waals surface area contributed by atoms with Crippen molar-refractivity contribution in [1.82, 2.24) is 10.2 Å². The van der Waals surface area contributed by atoms with Crippen molar-refractivity contribution in [2.45, 2.75) is 37.8 Å². The summed E-state index contributed by atoms with van der Waals surface area (Å²) in [5, 5.41) is 11.3. The van der Waals surface area contributed by atoms with Gasteiger partial charge in [-0.1, -0.05) is 56.8 Å². The molecule has 29 heavy (non-hydrogen) atoms. The standard InChI is InChI=1S/C22H25N3O3S/c1-22(2,3)16-7-9-17(10-8-16)23-19(26)14-29-21-25-24-20(28-21)13-15-5-11-18(27-4)12-6-15/h5-12H,13-14H2,1-4H3,(H,23,26). The molecule has 1 amide bonds. The van der Waals surface area contributed by atoms with E-state index in [1.165, 1.54) is 17.3 Å². The van der Waals surface area contributed by atoms with E-state index in [2.05, 4.69) is 36.3 Å². The minimum atomic E-state index is -0.117. The molecule has 7 heteroatoms. The minimum absolute atomic E-state index is 0.0832. The fourth-order valence-electron chi connectivity index (χ4n) is 2.66. The number of methoxy groups -OCH3 is 1. The molecule has 1 heterocycles. The number of carbonyl (C=O) groups excluding carboxylic acids is 1.